The molecule has 0 fully saturated rings. The summed E-state index contributed by atoms with van der Waals surface area (Å²) in [5.41, 5.74) is 4.78. The summed E-state index contributed by atoms with van der Waals surface area (Å²) >= 11 is 0. The molecule has 0 unspecified atom stereocenters. The van der Waals surface area contributed by atoms with E-state index >= 15 is 0 Å². The van der Waals surface area contributed by atoms with Gasteiger partial charge in [-0.05, 0) is 111 Å². The van der Waals surface area contributed by atoms with Crippen molar-refractivity contribution in [1.82, 2.24) is 16.0 Å². The molecule has 0 bridgehead atoms. The van der Waals surface area contributed by atoms with Gasteiger partial charge in [0.25, 0.3) is 0 Å². The van der Waals surface area contributed by atoms with Crippen molar-refractivity contribution < 1.29 is 38.2 Å². The summed E-state index contributed by atoms with van der Waals surface area (Å²) < 4.78 is 16.3. The number of fused-ring (bicyclic) bond motifs is 1. The van der Waals surface area contributed by atoms with Crippen LogP contribution in [0.3, 0.4) is 0 Å². The number of esters is 3. The standard InChI is InChI=1S/C37H56N4O8/c1-35(2,3)47-30(42)20-19-29(33(45)49-37(7,8)9)41-34(46)40-28(32(44)48-36(4,5)6)16-12-13-21-39-31(43)27(38)23-24-17-18-25-14-10-11-15-26(25)22-24/h10-11,14-15,17-18,22,27-29H,12-13,16,19-21,23,38H2,1-9H3,(H,39,43)(H2,40,41,46)/t27-,28-,29-/m0/s1. The average Bonchev–Trinajstić information content (AvgIpc) is 2.95. The third kappa shape index (κ3) is 16.7. The second-order valence-electron chi connectivity index (χ2n) is 15.2. The van der Waals surface area contributed by atoms with Gasteiger partial charge in [0.2, 0.25) is 5.91 Å². The number of urea groups is 1. The van der Waals surface area contributed by atoms with Crippen molar-refractivity contribution in [3.05, 3.63) is 48.0 Å². The van der Waals surface area contributed by atoms with E-state index in [-0.39, 0.29) is 25.2 Å². The van der Waals surface area contributed by atoms with Gasteiger partial charge in [-0.1, -0.05) is 42.5 Å². The molecule has 0 aliphatic rings. The number of carbonyl (C=O) groups excluding carboxylic acids is 5. The monoisotopic (exact) mass is 684 g/mol. The molecule has 0 radical (unpaired) electrons. The maximum Gasteiger partial charge on any atom is 0.329 e. The zero-order valence-corrected chi connectivity index (χ0v) is 30.6. The molecule has 12 heteroatoms. The largest absolute Gasteiger partial charge is 0.460 e. The number of benzene rings is 2. The van der Waals surface area contributed by atoms with E-state index < -0.39 is 58.9 Å². The second-order valence-corrected chi connectivity index (χ2v) is 15.2. The molecule has 0 aromatic heterocycles. The number of unbranched alkanes of at least 4 members (excludes halogenated alkanes) is 1. The Bertz CT molecular complexity index is 1440. The molecule has 0 aliphatic heterocycles. The molecule has 5 N–H and O–H groups in total. The first-order valence-electron chi connectivity index (χ1n) is 16.9. The van der Waals surface area contributed by atoms with Crippen LogP contribution in [0.1, 0.15) is 100.0 Å². The Hall–Kier alpha value is -4.19. The van der Waals surface area contributed by atoms with Gasteiger partial charge in [0.05, 0.1) is 6.04 Å². The Morgan fingerprint density at radius 2 is 1.22 bits per heavy atom. The van der Waals surface area contributed by atoms with Gasteiger partial charge in [-0.25, -0.2) is 14.4 Å². The van der Waals surface area contributed by atoms with Crippen LogP contribution in [-0.2, 0) is 39.8 Å². The Morgan fingerprint density at radius 3 is 1.78 bits per heavy atom. The Morgan fingerprint density at radius 1 is 0.694 bits per heavy atom. The molecular weight excluding hydrogens is 628 g/mol. The van der Waals surface area contributed by atoms with Crippen LogP contribution < -0.4 is 21.7 Å². The van der Waals surface area contributed by atoms with Crippen molar-refractivity contribution in [1.29, 1.82) is 0 Å². The summed E-state index contributed by atoms with van der Waals surface area (Å²) in [4.78, 5) is 64.2. The maximum atomic E-state index is 13.1. The van der Waals surface area contributed by atoms with Crippen LogP contribution in [0.4, 0.5) is 4.79 Å². The lowest BCUT2D eigenvalue weighted by atomic mass is 10.0. The van der Waals surface area contributed by atoms with Crippen molar-refractivity contribution in [2.45, 2.75) is 136 Å². The molecule has 12 nitrogen and oxygen atoms in total. The molecule has 2 rings (SSSR count). The molecule has 49 heavy (non-hydrogen) atoms. The van der Waals surface area contributed by atoms with Crippen LogP contribution in [0, 0.1) is 0 Å². The van der Waals surface area contributed by atoms with Crippen LogP contribution in [0.15, 0.2) is 42.5 Å². The highest BCUT2D eigenvalue weighted by molar-refractivity contribution is 5.88. The van der Waals surface area contributed by atoms with Crippen molar-refractivity contribution in [2.75, 3.05) is 6.54 Å². The van der Waals surface area contributed by atoms with Gasteiger partial charge in [-0.15, -0.1) is 0 Å². The minimum Gasteiger partial charge on any atom is -0.460 e. The van der Waals surface area contributed by atoms with Crippen molar-refractivity contribution in [3.8, 4) is 0 Å². The van der Waals surface area contributed by atoms with E-state index in [0.717, 1.165) is 16.3 Å². The zero-order chi connectivity index (χ0) is 37.0. The minimum atomic E-state index is -1.18. The fourth-order valence-electron chi connectivity index (χ4n) is 4.79. The normalized spacial score (nSPS) is 13.8. The molecule has 0 saturated heterocycles. The lowest BCUT2D eigenvalue weighted by Gasteiger charge is -2.27. The first-order chi connectivity index (χ1) is 22.6. The van der Waals surface area contributed by atoms with E-state index in [2.05, 4.69) is 16.0 Å². The molecule has 3 amide bonds. The number of nitrogens with two attached hydrogens (primary N) is 1. The predicted octanol–water partition coefficient (Wildman–Crippen LogP) is 4.84. The van der Waals surface area contributed by atoms with Gasteiger partial charge in [-0.3, -0.25) is 9.59 Å². The molecular formula is C37H56N4O8. The fraction of sp³-hybridized carbons (Fsp3) is 0.595. The van der Waals surface area contributed by atoms with E-state index in [9.17, 15) is 24.0 Å². The number of hydrogen-bond acceptors (Lipinski definition) is 9. The van der Waals surface area contributed by atoms with Gasteiger partial charge in [0.1, 0.15) is 28.9 Å². The van der Waals surface area contributed by atoms with Crippen molar-refractivity contribution in [3.63, 3.8) is 0 Å². The predicted molar refractivity (Wildman–Crippen MR) is 189 cm³/mol. The highest BCUT2D eigenvalue weighted by Gasteiger charge is 2.31. The summed E-state index contributed by atoms with van der Waals surface area (Å²) in [6.07, 6.45) is 1.34. The van der Waals surface area contributed by atoms with E-state index in [4.69, 9.17) is 19.9 Å². The van der Waals surface area contributed by atoms with E-state index in [0.29, 0.717) is 25.8 Å². The maximum absolute atomic E-state index is 13.1. The summed E-state index contributed by atoms with van der Waals surface area (Å²) in [6.45, 7) is 15.7. The molecule has 2 aromatic carbocycles. The first-order valence-corrected chi connectivity index (χ1v) is 16.9. The zero-order valence-electron chi connectivity index (χ0n) is 30.6. The van der Waals surface area contributed by atoms with E-state index in [1.807, 2.05) is 42.5 Å². The fourth-order valence-corrected chi connectivity index (χ4v) is 4.79. The lowest BCUT2D eigenvalue weighted by Crippen LogP contribution is -2.53. The Kier molecular flexibility index (Phi) is 15.0. The van der Waals surface area contributed by atoms with Crippen LogP contribution in [-0.4, -0.2) is 71.3 Å². The molecule has 2 aromatic rings. The van der Waals surface area contributed by atoms with E-state index in [1.165, 1.54) is 0 Å². The second kappa shape index (κ2) is 18.0. The topological polar surface area (TPSA) is 175 Å². The van der Waals surface area contributed by atoms with Gasteiger partial charge in [-0.2, -0.15) is 0 Å². The number of rotatable bonds is 15. The van der Waals surface area contributed by atoms with Crippen LogP contribution in [0.25, 0.3) is 10.8 Å². The number of carbonyl (C=O) groups is 5. The molecule has 0 heterocycles. The summed E-state index contributed by atoms with van der Waals surface area (Å²) in [5, 5.41) is 10.2. The third-order valence-corrected chi connectivity index (χ3v) is 6.88. The van der Waals surface area contributed by atoms with Gasteiger partial charge < -0.3 is 35.9 Å². The van der Waals surface area contributed by atoms with Gasteiger partial charge in [0, 0.05) is 13.0 Å². The third-order valence-electron chi connectivity index (χ3n) is 6.88. The van der Waals surface area contributed by atoms with Crippen LogP contribution >= 0.6 is 0 Å². The average molecular weight is 685 g/mol. The Labute approximate surface area is 290 Å². The molecule has 0 spiro atoms. The smallest absolute Gasteiger partial charge is 0.329 e. The molecule has 3 atom stereocenters. The SMILES string of the molecule is CC(C)(C)OC(=O)CC[C@H](NC(=O)N[C@@H](CCCCNC(=O)[C@@H](N)Cc1ccc2ccccc2c1)C(=O)OC(C)(C)C)C(=O)OC(C)(C)C. The van der Waals surface area contributed by atoms with Gasteiger partial charge in [0.15, 0.2) is 0 Å². The number of ether oxygens (including phenoxy) is 3. The molecule has 0 saturated carbocycles. The van der Waals surface area contributed by atoms with Crippen LogP contribution in [0.2, 0.25) is 0 Å². The number of amides is 3. The van der Waals surface area contributed by atoms with Gasteiger partial charge >= 0.3 is 23.9 Å². The first kappa shape index (κ1) is 41.0. The highest BCUT2D eigenvalue weighted by atomic mass is 16.6. The number of nitrogens with one attached hydrogen (secondary N) is 3. The minimum absolute atomic E-state index is 0.0724. The summed E-state index contributed by atoms with van der Waals surface area (Å²) in [5.74, 6) is -2.19. The number of hydrogen-bond donors (Lipinski definition) is 4. The summed E-state index contributed by atoms with van der Waals surface area (Å²) in [7, 11) is 0. The van der Waals surface area contributed by atoms with E-state index in [1.54, 1.807) is 62.3 Å². The molecule has 0 aliphatic carbocycles. The Balaban J connectivity index is 1.97. The highest BCUT2D eigenvalue weighted by Crippen LogP contribution is 2.17. The molecule has 272 valence electrons. The quantitative estimate of drug-likeness (QED) is 0.116. The summed E-state index contributed by atoms with van der Waals surface area (Å²) in [6, 6.07) is 10.2. The lowest BCUT2D eigenvalue weighted by molar-refractivity contribution is -0.159. The van der Waals surface area contributed by atoms with Crippen molar-refractivity contribution in [2.24, 2.45) is 5.73 Å². The van der Waals surface area contributed by atoms with Crippen molar-refractivity contribution >= 4 is 40.6 Å². The van der Waals surface area contributed by atoms with Crippen LogP contribution in [0.5, 0.6) is 0 Å².